The van der Waals surface area contributed by atoms with Crippen molar-refractivity contribution >= 4 is 34.9 Å². The van der Waals surface area contributed by atoms with Crippen molar-refractivity contribution in [1.29, 1.82) is 0 Å². The van der Waals surface area contributed by atoms with Crippen LogP contribution in [-0.2, 0) is 9.53 Å². The highest BCUT2D eigenvalue weighted by Crippen LogP contribution is 2.15. The lowest BCUT2D eigenvalue weighted by Gasteiger charge is -2.14. The average molecular weight is 347 g/mol. The second kappa shape index (κ2) is 7.70. The fourth-order valence-electron chi connectivity index (χ4n) is 1.88. The van der Waals surface area contributed by atoms with Crippen LogP contribution in [0.5, 0.6) is 0 Å². The fraction of sp³-hybridized carbons (Fsp3) is 0.176. The van der Waals surface area contributed by atoms with Gasteiger partial charge in [0, 0.05) is 17.4 Å². The molecule has 1 aromatic carbocycles. The van der Waals surface area contributed by atoms with Crippen molar-refractivity contribution in [2.24, 2.45) is 0 Å². The van der Waals surface area contributed by atoms with Crippen LogP contribution in [0.2, 0.25) is 5.15 Å². The van der Waals surface area contributed by atoms with E-state index in [0.717, 1.165) is 0 Å². The molecular weight excluding hydrogens is 332 g/mol. The number of hydrogen-bond acceptors (Lipinski definition) is 5. The van der Waals surface area contributed by atoms with E-state index in [1.54, 1.807) is 30.3 Å². The molecule has 0 saturated carbocycles. The van der Waals surface area contributed by atoms with Gasteiger partial charge in [-0.3, -0.25) is 9.59 Å². The van der Waals surface area contributed by atoms with Crippen LogP contribution in [0.25, 0.3) is 0 Å². The van der Waals surface area contributed by atoms with Gasteiger partial charge in [-0.15, -0.1) is 0 Å². The number of esters is 1. The first-order valence-corrected chi connectivity index (χ1v) is 7.49. The highest BCUT2D eigenvalue weighted by Gasteiger charge is 2.21. The normalized spacial score (nSPS) is 11.5. The molecule has 2 aromatic rings. The molecule has 1 N–H and O–H groups in total. The standard InChI is InChI=1S/C17H15ClN2O4/c1-10(21)12-5-3-6-13(9-12)20-16(22)11(2)24-17(23)14-7-4-8-19-15(14)18/h3-9,11H,1-2H3,(H,20,22)/t11-/m1/s1. The monoisotopic (exact) mass is 346 g/mol. The van der Waals surface area contributed by atoms with Crippen LogP contribution in [0.15, 0.2) is 42.6 Å². The molecule has 1 amide bonds. The summed E-state index contributed by atoms with van der Waals surface area (Å²) in [5.74, 6) is -1.38. The Hall–Kier alpha value is -2.73. The largest absolute Gasteiger partial charge is 0.449 e. The minimum Gasteiger partial charge on any atom is -0.449 e. The van der Waals surface area contributed by atoms with Crippen LogP contribution in [0.1, 0.15) is 34.6 Å². The molecule has 124 valence electrons. The van der Waals surface area contributed by atoms with E-state index in [0.29, 0.717) is 11.3 Å². The Morgan fingerprint density at radius 2 is 1.96 bits per heavy atom. The Morgan fingerprint density at radius 1 is 1.21 bits per heavy atom. The minimum absolute atomic E-state index is 0.00395. The van der Waals surface area contributed by atoms with Crippen molar-refractivity contribution in [3.05, 3.63) is 58.9 Å². The van der Waals surface area contributed by atoms with E-state index in [1.807, 2.05) is 0 Å². The number of aromatic nitrogens is 1. The molecule has 2 rings (SSSR count). The van der Waals surface area contributed by atoms with Crippen LogP contribution in [0.3, 0.4) is 0 Å². The summed E-state index contributed by atoms with van der Waals surface area (Å²) in [7, 11) is 0. The third kappa shape index (κ3) is 4.39. The van der Waals surface area contributed by atoms with Gasteiger partial charge < -0.3 is 10.1 Å². The van der Waals surface area contributed by atoms with E-state index in [4.69, 9.17) is 16.3 Å². The summed E-state index contributed by atoms with van der Waals surface area (Å²) in [5, 5.41) is 2.60. The number of pyridine rings is 1. The number of amides is 1. The number of nitrogens with zero attached hydrogens (tertiary/aromatic N) is 1. The molecular formula is C17H15ClN2O4. The van der Waals surface area contributed by atoms with E-state index in [1.165, 1.54) is 26.1 Å². The molecule has 0 unspecified atom stereocenters. The first kappa shape index (κ1) is 17.6. The Bertz CT molecular complexity index is 792. The van der Waals surface area contributed by atoms with Gasteiger partial charge in [0.1, 0.15) is 5.15 Å². The quantitative estimate of drug-likeness (QED) is 0.510. The third-order valence-corrected chi connectivity index (χ3v) is 3.47. The predicted octanol–water partition coefficient (Wildman–Crippen LogP) is 3.12. The summed E-state index contributed by atoms with van der Waals surface area (Å²) >= 11 is 5.81. The van der Waals surface area contributed by atoms with Crippen LogP contribution in [0.4, 0.5) is 5.69 Å². The van der Waals surface area contributed by atoms with Crippen LogP contribution in [-0.4, -0.2) is 28.7 Å². The van der Waals surface area contributed by atoms with Crippen molar-refractivity contribution in [3.8, 4) is 0 Å². The van der Waals surface area contributed by atoms with E-state index >= 15 is 0 Å². The smallest absolute Gasteiger partial charge is 0.342 e. The molecule has 0 radical (unpaired) electrons. The predicted molar refractivity (Wildman–Crippen MR) is 89.2 cm³/mol. The summed E-state index contributed by atoms with van der Waals surface area (Å²) in [6, 6.07) is 9.48. The number of Topliss-reactive ketones (excluding diaryl/α,β-unsaturated/α-hetero) is 1. The lowest BCUT2D eigenvalue weighted by atomic mass is 10.1. The van der Waals surface area contributed by atoms with Gasteiger partial charge in [-0.05, 0) is 38.1 Å². The molecule has 1 heterocycles. The first-order chi connectivity index (χ1) is 11.4. The van der Waals surface area contributed by atoms with E-state index in [2.05, 4.69) is 10.3 Å². The SMILES string of the molecule is CC(=O)c1cccc(NC(=O)[C@@H](C)OC(=O)c2cccnc2Cl)c1. The van der Waals surface area contributed by atoms with Gasteiger partial charge >= 0.3 is 5.97 Å². The van der Waals surface area contributed by atoms with Crippen molar-refractivity contribution < 1.29 is 19.1 Å². The number of hydrogen-bond donors (Lipinski definition) is 1. The molecule has 0 aliphatic carbocycles. The van der Waals surface area contributed by atoms with Gasteiger partial charge in [0.05, 0.1) is 5.56 Å². The summed E-state index contributed by atoms with van der Waals surface area (Å²) in [5.41, 5.74) is 0.993. The Morgan fingerprint density at radius 3 is 2.62 bits per heavy atom. The Kier molecular flexibility index (Phi) is 5.65. The van der Waals surface area contributed by atoms with Crippen LogP contribution >= 0.6 is 11.6 Å². The highest BCUT2D eigenvalue weighted by atomic mass is 35.5. The molecule has 1 aromatic heterocycles. The summed E-state index contributed by atoms with van der Waals surface area (Å²) in [6.45, 7) is 2.87. The lowest BCUT2D eigenvalue weighted by Crippen LogP contribution is -2.30. The molecule has 1 atom stereocenters. The van der Waals surface area contributed by atoms with Crippen LogP contribution < -0.4 is 5.32 Å². The molecule has 7 heteroatoms. The maximum atomic E-state index is 12.1. The zero-order chi connectivity index (χ0) is 17.7. The molecule has 24 heavy (non-hydrogen) atoms. The number of carbonyl (C=O) groups is 3. The van der Waals surface area contributed by atoms with Gasteiger partial charge in [-0.2, -0.15) is 0 Å². The maximum Gasteiger partial charge on any atom is 0.342 e. The number of carbonyl (C=O) groups excluding carboxylic acids is 3. The zero-order valence-corrected chi connectivity index (χ0v) is 13.8. The fourth-order valence-corrected chi connectivity index (χ4v) is 2.07. The van der Waals surface area contributed by atoms with Crippen molar-refractivity contribution in [3.63, 3.8) is 0 Å². The van der Waals surface area contributed by atoms with Crippen molar-refractivity contribution in [2.75, 3.05) is 5.32 Å². The lowest BCUT2D eigenvalue weighted by molar-refractivity contribution is -0.123. The Balaban J connectivity index is 2.02. The van der Waals surface area contributed by atoms with Gasteiger partial charge in [0.25, 0.3) is 5.91 Å². The number of anilines is 1. The average Bonchev–Trinajstić information content (AvgIpc) is 2.55. The maximum absolute atomic E-state index is 12.1. The molecule has 0 aliphatic heterocycles. The number of halogens is 1. The number of nitrogens with one attached hydrogen (secondary N) is 1. The molecule has 0 aliphatic rings. The van der Waals surface area contributed by atoms with E-state index in [9.17, 15) is 14.4 Å². The topological polar surface area (TPSA) is 85.4 Å². The number of benzene rings is 1. The number of rotatable bonds is 5. The van der Waals surface area contributed by atoms with E-state index < -0.39 is 18.0 Å². The van der Waals surface area contributed by atoms with Gasteiger partial charge in [0.15, 0.2) is 11.9 Å². The third-order valence-electron chi connectivity index (χ3n) is 3.17. The zero-order valence-electron chi connectivity index (χ0n) is 13.1. The van der Waals surface area contributed by atoms with Gasteiger partial charge in [0.2, 0.25) is 0 Å². The second-order valence-corrected chi connectivity index (χ2v) is 5.37. The molecule has 0 fully saturated rings. The molecule has 0 spiro atoms. The first-order valence-electron chi connectivity index (χ1n) is 7.12. The molecule has 6 nitrogen and oxygen atoms in total. The minimum atomic E-state index is -1.05. The number of ether oxygens (including phenoxy) is 1. The van der Waals surface area contributed by atoms with Crippen LogP contribution in [0, 0.1) is 0 Å². The van der Waals surface area contributed by atoms with Crippen molar-refractivity contribution in [1.82, 2.24) is 4.98 Å². The number of ketones is 1. The Labute approximate surface area is 143 Å². The summed E-state index contributed by atoms with van der Waals surface area (Å²) in [4.78, 5) is 39.3. The van der Waals surface area contributed by atoms with Crippen molar-refractivity contribution in [2.45, 2.75) is 20.0 Å². The van der Waals surface area contributed by atoms with E-state index in [-0.39, 0.29) is 16.5 Å². The molecule has 0 bridgehead atoms. The summed E-state index contributed by atoms with van der Waals surface area (Å²) < 4.78 is 5.09. The highest BCUT2D eigenvalue weighted by molar-refractivity contribution is 6.32. The summed E-state index contributed by atoms with van der Waals surface area (Å²) in [6.07, 6.45) is 0.395. The second-order valence-electron chi connectivity index (χ2n) is 5.02. The van der Waals surface area contributed by atoms with Gasteiger partial charge in [-0.25, -0.2) is 9.78 Å². The molecule has 0 saturated heterocycles. The van der Waals surface area contributed by atoms with Gasteiger partial charge in [-0.1, -0.05) is 23.7 Å².